The van der Waals surface area contributed by atoms with Crippen LogP contribution in [0.25, 0.3) is 10.8 Å². The van der Waals surface area contributed by atoms with Gasteiger partial charge in [0.1, 0.15) is 0 Å². The molecular formula is C14H12. The average Bonchev–Trinajstić information content (AvgIpc) is 2.97. The third-order valence-corrected chi connectivity index (χ3v) is 3.04. The summed E-state index contributed by atoms with van der Waals surface area (Å²) in [4.78, 5) is 0. The summed E-state index contributed by atoms with van der Waals surface area (Å²) in [5.41, 5.74) is 1.65. The second-order valence-corrected chi connectivity index (χ2v) is 4.14. The summed E-state index contributed by atoms with van der Waals surface area (Å²) in [6.45, 7) is 2.26. The van der Waals surface area contributed by atoms with Crippen LogP contribution in [0.1, 0.15) is 12.5 Å². The van der Waals surface area contributed by atoms with Gasteiger partial charge in [-0.3, -0.25) is 0 Å². The molecule has 0 bridgehead atoms. The van der Waals surface area contributed by atoms with E-state index < -0.39 is 0 Å². The molecule has 1 aliphatic rings. The summed E-state index contributed by atoms with van der Waals surface area (Å²) < 4.78 is 0. The van der Waals surface area contributed by atoms with Crippen molar-refractivity contribution >= 4 is 10.8 Å². The Kier molecular flexibility index (Phi) is 1.38. The zero-order valence-electron chi connectivity index (χ0n) is 8.20. The second kappa shape index (κ2) is 2.48. The second-order valence-electron chi connectivity index (χ2n) is 4.14. The number of benzene rings is 2. The van der Waals surface area contributed by atoms with E-state index >= 15 is 0 Å². The Morgan fingerprint density at radius 1 is 0.857 bits per heavy atom. The van der Waals surface area contributed by atoms with Gasteiger partial charge in [0.25, 0.3) is 0 Å². The first-order valence-electron chi connectivity index (χ1n) is 4.98. The third-order valence-electron chi connectivity index (χ3n) is 3.04. The fraction of sp³-hybridized carbons (Fsp3) is 0.143. The standard InChI is InChI=1S/C14H12/c1-14(9-10-14)13-8-4-6-11-5-2-3-7-12(11)13/h2-10H,1H3. The Bertz CT molecular complexity index is 509. The molecule has 0 nitrogen and oxygen atoms in total. The Morgan fingerprint density at radius 2 is 1.57 bits per heavy atom. The highest BCUT2D eigenvalue weighted by Gasteiger charge is 2.31. The topological polar surface area (TPSA) is 0 Å². The third kappa shape index (κ3) is 1.00. The Balaban J connectivity index is 2.33. The van der Waals surface area contributed by atoms with Crippen LogP contribution in [0.15, 0.2) is 54.6 Å². The first-order chi connectivity index (χ1) is 6.80. The van der Waals surface area contributed by atoms with Gasteiger partial charge in [0.15, 0.2) is 0 Å². The highest BCUT2D eigenvalue weighted by atomic mass is 14.3. The highest BCUT2D eigenvalue weighted by Crippen LogP contribution is 2.41. The number of allylic oxidation sites excluding steroid dienone is 2. The Labute approximate surface area is 83.9 Å². The smallest absolute Gasteiger partial charge is 0.0290 e. The molecule has 0 radical (unpaired) electrons. The molecule has 3 rings (SSSR count). The molecular weight excluding hydrogens is 168 g/mol. The molecule has 0 atom stereocenters. The minimum Gasteiger partial charge on any atom is -0.0733 e. The maximum atomic E-state index is 2.26. The van der Waals surface area contributed by atoms with Gasteiger partial charge in [-0.1, -0.05) is 54.6 Å². The molecule has 2 aromatic carbocycles. The van der Waals surface area contributed by atoms with Crippen LogP contribution in [0.3, 0.4) is 0 Å². The minimum absolute atomic E-state index is 0.223. The van der Waals surface area contributed by atoms with Gasteiger partial charge in [0, 0.05) is 5.41 Å². The van der Waals surface area contributed by atoms with Crippen molar-refractivity contribution in [3.63, 3.8) is 0 Å². The lowest BCUT2D eigenvalue weighted by molar-refractivity contribution is 0.882. The molecule has 0 aromatic heterocycles. The molecule has 0 aliphatic heterocycles. The summed E-state index contributed by atoms with van der Waals surface area (Å²) >= 11 is 0. The van der Waals surface area contributed by atoms with Crippen LogP contribution < -0.4 is 0 Å². The van der Waals surface area contributed by atoms with Crippen LogP contribution in [0, 0.1) is 0 Å². The SMILES string of the molecule is CC1(c2cccc3ccccc23)C=C1. The number of fused-ring (bicyclic) bond motifs is 1. The molecule has 0 saturated heterocycles. The van der Waals surface area contributed by atoms with Crippen LogP contribution in [-0.4, -0.2) is 0 Å². The number of hydrogen-bond donors (Lipinski definition) is 0. The van der Waals surface area contributed by atoms with Crippen LogP contribution >= 0.6 is 0 Å². The predicted octanol–water partition coefficient (Wildman–Crippen LogP) is 3.67. The molecule has 1 aliphatic carbocycles. The van der Waals surface area contributed by atoms with Crippen molar-refractivity contribution < 1.29 is 0 Å². The van der Waals surface area contributed by atoms with Crippen LogP contribution in [0.5, 0.6) is 0 Å². The molecule has 0 spiro atoms. The lowest BCUT2D eigenvalue weighted by Crippen LogP contribution is -2.02. The van der Waals surface area contributed by atoms with Gasteiger partial charge in [0.2, 0.25) is 0 Å². The van der Waals surface area contributed by atoms with Gasteiger partial charge in [-0.25, -0.2) is 0 Å². The van der Waals surface area contributed by atoms with Gasteiger partial charge < -0.3 is 0 Å². The fourth-order valence-corrected chi connectivity index (χ4v) is 2.00. The minimum atomic E-state index is 0.223. The molecule has 0 saturated carbocycles. The molecule has 0 fully saturated rings. The van der Waals surface area contributed by atoms with Crippen LogP contribution in [0.4, 0.5) is 0 Å². The van der Waals surface area contributed by atoms with Crippen molar-refractivity contribution in [1.29, 1.82) is 0 Å². The Morgan fingerprint density at radius 3 is 2.36 bits per heavy atom. The summed E-state index contributed by atoms with van der Waals surface area (Å²) in [7, 11) is 0. The van der Waals surface area contributed by atoms with E-state index in [1.807, 2.05) is 0 Å². The van der Waals surface area contributed by atoms with Crippen molar-refractivity contribution in [3.8, 4) is 0 Å². The molecule has 14 heavy (non-hydrogen) atoms. The van der Waals surface area contributed by atoms with E-state index in [2.05, 4.69) is 61.5 Å². The van der Waals surface area contributed by atoms with E-state index in [1.165, 1.54) is 16.3 Å². The van der Waals surface area contributed by atoms with E-state index in [1.54, 1.807) is 0 Å². The lowest BCUT2D eigenvalue weighted by atomic mass is 9.91. The lowest BCUT2D eigenvalue weighted by Gasteiger charge is -2.12. The van der Waals surface area contributed by atoms with Gasteiger partial charge in [-0.05, 0) is 23.3 Å². The van der Waals surface area contributed by atoms with E-state index in [-0.39, 0.29) is 5.41 Å². The van der Waals surface area contributed by atoms with E-state index in [9.17, 15) is 0 Å². The van der Waals surface area contributed by atoms with E-state index in [0.29, 0.717) is 0 Å². The van der Waals surface area contributed by atoms with Crippen molar-refractivity contribution in [1.82, 2.24) is 0 Å². The van der Waals surface area contributed by atoms with Crippen LogP contribution in [0.2, 0.25) is 0 Å². The molecule has 2 aromatic rings. The molecule has 0 heteroatoms. The Hall–Kier alpha value is -1.56. The van der Waals surface area contributed by atoms with Crippen LogP contribution in [-0.2, 0) is 5.41 Å². The van der Waals surface area contributed by atoms with Crippen molar-refractivity contribution in [2.24, 2.45) is 0 Å². The summed E-state index contributed by atoms with van der Waals surface area (Å²) in [6.07, 6.45) is 4.52. The molecule has 0 unspecified atom stereocenters. The first-order valence-corrected chi connectivity index (χ1v) is 4.98. The van der Waals surface area contributed by atoms with E-state index in [4.69, 9.17) is 0 Å². The first kappa shape index (κ1) is 7.81. The normalized spacial score (nSPS) is 17.2. The zero-order valence-corrected chi connectivity index (χ0v) is 8.20. The molecule has 68 valence electrons. The maximum absolute atomic E-state index is 2.26. The van der Waals surface area contributed by atoms with Gasteiger partial charge in [-0.2, -0.15) is 0 Å². The van der Waals surface area contributed by atoms with Gasteiger partial charge in [-0.15, -0.1) is 0 Å². The quantitative estimate of drug-likeness (QED) is 0.587. The summed E-state index contributed by atoms with van der Waals surface area (Å²) in [5, 5.41) is 2.71. The van der Waals surface area contributed by atoms with E-state index in [0.717, 1.165) is 0 Å². The maximum Gasteiger partial charge on any atom is 0.0290 e. The van der Waals surface area contributed by atoms with Gasteiger partial charge in [0.05, 0.1) is 0 Å². The number of hydrogen-bond acceptors (Lipinski definition) is 0. The largest absolute Gasteiger partial charge is 0.0733 e. The number of rotatable bonds is 1. The average molecular weight is 180 g/mol. The zero-order chi connectivity index (χ0) is 9.60. The van der Waals surface area contributed by atoms with Crippen molar-refractivity contribution in [2.75, 3.05) is 0 Å². The highest BCUT2D eigenvalue weighted by molar-refractivity contribution is 5.88. The molecule has 0 amide bonds. The molecule has 0 N–H and O–H groups in total. The van der Waals surface area contributed by atoms with Crippen molar-refractivity contribution in [2.45, 2.75) is 12.3 Å². The fourth-order valence-electron chi connectivity index (χ4n) is 2.00. The monoisotopic (exact) mass is 180 g/mol. The predicted molar refractivity (Wildman–Crippen MR) is 60.4 cm³/mol. The van der Waals surface area contributed by atoms with Crippen molar-refractivity contribution in [3.05, 3.63) is 60.2 Å². The summed E-state index contributed by atoms with van der Waals surface area (Å²) in [5.74, 6) is 0. The van der Waals surface area contributed by atoms with Gasteiger partial charge >= 0.3 is 0 Å². The summed E-state index contributed by atoms with van der Waals surface area (Å²) in [6, 6.07) is 15.1. The molecule has 0 heterocycles.